The van der Waals surface area contributed by atoms with E-state index in [0.29, 0.717) is 19.5 Å². The van der Waals surface area contributed by atoms with E-state index >= 15 is 0 Å². The fourth-order valence-corrected chi connectivity index (χ4v) is 0.931. The van der Waals surface area contributed by atoms with Gasteiger partial charge in [-0.15, -0.1) is 0 Å². The normalized spacial score (nSPS) is 21.4. The van der Waals surface area contributed by atoms with Gasteiger partial charge in [0.2, 0.25) is 0 Å². The molecule has 0 amide bonds. The molecular weight excluding hydrogens is 132 g/mol. The number of carbonyl (C=O) groups excluding carboxylic acids is 1. The number of nitrogens with one attached hydrogen (secondary N) is 1. The topological polar surface area (TPSA) is 64.3 Å². The van der Waals surface area contributed by atoms with Gasteiger partial charge in [-0.1, -0.05) is 0 Å². The number of methoxy groups -OCH3 is 1. The summed E-state index contributed by atoms with van der Waals surface area (Å²) >= 11 is 0. The molecule has 1 aliphatic rings. The van der Waals surface area contributed by atoms with Crippen LogP contribution in [0.5, 0.6) is 0 Å². The van der Waals surface area contributed by atoms with Gasteiger partial charge in [0.25, 0.3) is 0 Å². The van der Waals surface area contributed by atoms with Crippen LogP contribution < -0.4 is 11.1 Å². The zero-order chi connectivity index (χ0) is 7.61. The summed E-state index contributed by atoms with van der Waals surface area (Å²) in [4.78, 5) is 10.7. The summed E-state index contributed by atoms with van der Waals surface area (Å²) < 4.78 is 4.48. The molecule has 0 aromatic carbocycles. The van der Waals surface area contributed by atoms with Gasteiger partial charge in [0, 0.05) is 13.1 Å². The van der Waals surface area contributed by atoms with Gasteiger partial charge in [0.15, 0.2) is 0 Å². The summed E-state index contributed by atoms with van der Waals surface area (Å²) in [5.74, 6) is -0.232. The van der Waals surface area contributed by atoms with Gasteiger partial charge < -0.3 is 15.8 Å². The Kier molecular flexibility index (Phi) is 1.92. The Balaban J connectivity index is 2.29. The van der Waals surface area contributed by atoms with E-state index in [1.807, 2.05) is 0 Å². The molecule has 1 rings (SSSR count). The predicted molar refractivity (Wildman–Crippen MR) is 36.4 cm³/mol. The van der Waals surface area contributed by atoms with Crippen molar-refractivity contribution in [1.82, 2.24) is 5.32 Å². The molecule has 0 unspecified atom stereocenters. The van der Waals surface area contributed by atoms with Gasteiger partial charge in [-0.3, -0.25) is 4.79 Å². The van der Waals surface area contributed by atoms with Crippen molar-refractivity contribution in [3.63, 3.8) is 0 Å². The van der Waals surface area contributed by atoms with Gasteiger partial charge in [0.05, 0.1) is 19.1 Å². The van der Waals surface area contributed by atoms with E-state index in [0.717, 1.165) is 0 Å². The molecule has 10 heavy (non-hydrogen) atoms. The van der Waals surface area contributed by atoms with Gasteiger partial charge >= 0.3 is 5.97 Å². The van der Waals surface area contributed by atoms with Gasteiger partial charge in [-0.25, -0.2) is 0 Å². The SMILES string of the molecule is COC(=O)CC1(N)CNC1. The van der Waals surface area contributed by atoms with Crippen LogP contribution in [0, 0.1) is 0 Å². The minimum atomic E-state index is -0.340. The van der Waals surface area contributed by atoms with E-state index in [1.165, 1.54) is 7.11 Å². The molecule has 4 heteroatoms. The first-order valence-corrected chi connectivity index (χ1v) is 3.23. The molecule has 58 valence electrons. The lowest BCUT2D eigenvalue weighted by molar-refractivity contribution is -0.142. The van der Waals surface area contributed by atoms with Crippen LogP contribution >= 0.6 is 0 Å². The van der Waals surface area contributed by atoms with Gasteiger partial charge in [0.1, 0.15) is 0 Å². The van der Waals surface area contributed by atoms with Crippen LogP contribution in [0.25, 0.3) is 0 Å². The van der Waals surface area contributed by atoms with Crippen molar-refractivity contribution in [3.8, 4) is 0 Å². The minimum absolute atomic E-state index is 0.232. The smallest absolute Gasteiger partial charge is 0.307 e. The standard InChI is InChI=1S/C6H12N2O2/c1-10-5(9)2-6(7)3-8-4-6/h8H,2-4,7H2,1H3. The Labute approximate surface area is 59.7 Å². The molecule has 0 aliphatic carbocycles. The second-order valence-electron chi connectivity index (χ2n) is 2.72. The highest BCUT2D eigenvalue weighted by Gasteiger charge is 2.34. The van der Waals surface area contributed by atoms with Crippen molar-refractivity contribution in [2.75, 3.05) is 20.2 Å². The van der Waals surface area contributed by atoms with Crippen molar-refractivity contribution in [1.29, 1.82) is 0 Å². The third-order valence-electron chi connectivity index (χ3n) is 1.68. The zero-order valence-electron chi connectivity index (χ0n) is 6.02. The molecule has 1 heterocycles. The quantitative estimate of drug-likeness (QED) is 0.480. The number of esters is 1. The van der Waals surface area contributed by atoms with Crippen LogP contribution in [0.2, 0.25) is 0 Å². The molecule has 3 N–H and O–H groups in total. The molecule has 0 atom stereocenters. The van der Waals surface area contributed by atoms with Crippen LogP contribution in [-0.4, -0.2) is 31.7 Å². The first kappa shape index (κ1) is 7.50. The second-order valence-corrected chi connectivity index (χ2v) is 2.72. The fourth-order valence-electron chi connectivity index (χ4n) is 0.931. The maximum Gasteiger partial charge on any atom is 0.307 e. The minimum Gasteiger partial charge on any atom is -0.469 e. The van der Waals surface area contributed by atoms with E-state index in [9.17, 15) is 4.79 Å². The highest BCUT2D eigenvalue weighted by molar-refractivity contribution is 5.71. The monoisotopic (exact) mass is 144 g/mol. The average molecular weight is 144 g/mol. The molecular formula is C6H12N2O2. The number of ether oxygens (including phenoxy) is 1. The first-order chi connectivity index (χ1) is 4.66. The summed E-state index contributed by atoms with van der Waals surface area (Å²) in [6, 6.07) is 0. The number of nitrogens with two attached hydrogens (primary N) is 1. The molecule has 0 radical (unpaired) electrons. The van der Waals surface area contributed by atoms with E-state index in [-0.39, 0.29) is 11.5 Å². The summed E-state index contributed by atoms with van der Waals surface area (Å²) in [7, 11) is 1.37. The summed E-state index contributed by atoms with van der Waals surface area (Å²) in [5.41, 5.74) is 5.38. The van der Waals surface area contributed by atoms with Crippen LogP contribution in [-0.2, 0) is 9.53 Å². The number of hydrogen-bond donors (Lipinski definition) is 2. The van der Waals surface area contributed by atoms with Crippen molar-refractivity contribution >= 4 is 5.97 Å². The summed E-state index contributed by atoms with van der Waals surface area (Å²) in [6.45, 7) is 1.42. The van der Waals surface area contributed by atoms with Crippen molar-refractivity contribution in [2.45, 2.75) is 12.0 Å². The van der Waals surface area contributed by atoms with Crippen LogP contribution in [0.1, 0.15) is 6.42 Å². The Hall–Kier alpha value is -0.610. The van der Waals surface area contributed by atoms with Crippen molar-refractivity contribution < 1.29 is 9.53 Å². The van der Waals surface area contributed by atoms with E-state index in [2.05, 4.69) is 10.1 Å². The summed E-state index contributed by atoms with van der Waals surface area (Å²) in [5, 5.41) is 3.00. The third kappa shape index (κ3) is 1.46. The fraction of sp³-hybridized carbons (Fsp3) is 0.833. The second kappa shape index (κ2) is 2.56. The van der Waals surface area contributed by atoms with E-state index < -0.39 is 0 Å². The number of carbonyl (C=O) groups is 1. The van der Waals surface area contributed by atoms with E-state index in [4.69, 9.17) is 5.73 Å². The Morgan fingerprint density at radius 2 is 2.40 bits per heavy atom. The highest BCUT2D eigenvalue weighted by Crippen LogP contribution is 2.11. The highest BCUT2D eigenvalue weighted by atomic mass is 16.5. The van der Waals surface area contributed by atoms with Crippen molar-refractivity contribution in [2.24, 2.45) is 5.73 Å². The van der Waals surface area contributed by atoms with Crippen LogP contribution in [0.3, 0.4) is 0 Å². The average Bonchev–Trinajstić information content (AvgIpc) is 1.84. The molecule has 1 aliphatic heterocycles. The summed E-state index contributed by atoms with van der Waals surface area (Å²) in [6.07, 6.45) is 0.316. The predicted octanol–water partition coefficient (Wildman–Crippen LogP) is -1.15. The van der Waals surface area contributed by atoms with Crippen LogP contribution in [0.4, 0.5) is 0 Å². The molecule has 0 saturated carbocycles. The lowest BCUT2D eigenvalue weighted by Gasteiger charge is -2.37. The lowest BCUT2D eigenvalue weighted by Crippen LogP contribution is -2.66. The number of hydrogen-bond acceptors (Lipinski definition) is 4. The number of rotatable bonds is 2. The molecule has 1 saturated heterocycles. The van der Waals surface area contributed by atoms with Gasteiger partial charge in [-0.2, -0.15) is 0 Å². The Bertz CT molecular complexity index is 143. The Morgan fingerprint density at radius 1 is 1.80 bits per heavy atom. The third-order valence-corrected chi connectivity index (χ3v) is 1.68. The van der Waals surface area contributed by atoms with E-state index in [1.54, 1.807) is 0 Å². The maximum atomic E-state index is 10.7. The molecule has 1 fully saturated rings. The van der Waals surface area contributed by atoms with Crippen LogP contribution in [0.15, 0.2) is 0 Å². The molecule has 0 aromatic heterocycles. The first-order valence-electron chi connectivity index (χ1n) is 3.23. The lowest BCUT2D eigenvalue weighted by atomic mass is 9.90. The molecule has 0 aromatic rings. The maximum absolute atomic E-state index is 10.7. The molecule has 4 nitrogen and oxygen atoms in total. The molecule has 0 spiro atoms. The Morgan fingerprint density at radius 3 is 2.70 bits per heavy atom. The van der Waals surface area contributed by atoms with Gasteiger partial charge in [-0.05, 0) is 0 Å². The zero-order valence-corrected chi connectivity index (χ0v) is 6.02. The van der Waals surface area contributed by atoms with Crippen molar-refractivity contribution in [3.05, 3.63) is 0 Å². The largest absolute Gasteiger partial charge is 0.469 e. The molecule has 0 bridgehead atoms.